The van der Waals surface area contributed by atoms with Crippen LogP contribution < -0.4 is 4.74 Å². The quantitative estimate of drug-likeness (QED) is 0.624. The van der Waals surface area contributed by atoms with Gasteiger partial charge in [0.1, 0.15) is 5.75 Å². The number of rotatable bonds is 4. The third-order valence-electron chi connectivity index (χ3n) is 4.63. The monoisotopic (exact) mass is 485 g/mol. The summed E-state index contributed by atoms with van der Waals surface area (Å²) in [5.41, 5.74) is 0.647. The van der Waals surface area contributed by atoms with E-state index in [9.17, 15) is 13.2 Å². The fourth-order valence-corrected chi connectivity index (χ4v) is 5.41. The van der Waals surface area contributed by atoms with Gasteiger partial charge in [0.2, 0.25) is 0 Å². The summed E-state index contributed by atoms with van der Waals surface area (Å²) in [5, 5.41) is -0.462. The zero-order valence-corrected chi connectivity index (χ0v) is 17.4. The van der Waals surface area contributed by atoms with E-state index in [-0.39, 0.29) is 5.91 Å². The minimum Gasteiger partial charge on any atom is -0.497 e. The normalized spacial score (nSPS) is 15.7. The highest BCUT2D eigenvalue weighted by atomic mass is 127. The highest BCUT2D eigenvalue weighted by Gasteiger charge is 2.33. The number of amides is 1. The molecule has 0 atom stereocenters. The molecular weight excluding hydrogens is 465 g/mol. The lowest BCUT2D eigenvalue weighted by Gasteiger charge is -2.32. The van der Waals surface area contributed by atoms with Crippen molar-refractivity contribution in [1.29, 1.82) is 0 Å². The van der Waals surface area contributed by atoms with Crippen LogP contribution in [0.25, 0.3) is 0 Å². The van der Waals surface area contributed by atoms with Crippen LogP contribution in [0.2, 0.25) is 0 Å². The van der Waals surface area contributed by atoms with Crippen molar-refractivity contribution < 1.29 is 17.9 Å². The average molecular weight is 485 g/mol. The van der Waals surface area contributed by atoms with Crippen molar-refractivity contribution in [3.63, 3.8) is 0 Å². The van der Waals surface area contributed by atoms with E-state index in [1.54, 1.807) is 42.3 Å². The Morgan fingerprint density at radius 1 is 1.12 bits per heavy atom. The molecule has 1 saturated heterocycles. The number of ether oxygens (including phenoxy) is 1. The predicted octanol–water partition coefficient (Wildman–Crippen LogP) is 3.38. The van der Waals surface area contributed by atoms with Crippen molar-refractivity contribution in [2.45, 2.75) is 23.0 Å². The molecule has 0 radical (unpaired) electrons. The zero-order valence-electron chi connectivity index (χ0n) is 14.4. The Morgan fingerprint density at radius 3 is 2.35 bits per heavy atom. The zero-order chi connectivity index (χ0) is 18.7. The number of carbonyl (C=O) groups excluding carboxylic acids is 1. The van der Waals surface area contributed by atoms with Crippen molar-refractivity contribution in [2.24, 2.45) is 0 Å². The van der Waals surface area contributed by atoms with Crippen molar-refractivity contribution >= 4 is 38.3 Å². The summed E-state index contributed by atoms with van der Waals surface area (Å²) in [6.07, 6.45) is 0.897. The Bertz CT molecular complexity index is 888. The summed E-state index contributed by atoms with van der Waals surface area (Å²) in [7, 11) is -1.86. The van der Waals surface area contributed by atoms with Gasteiger partial charge in [-0.1, -0.05) is 6.07 Å². The van der Waals surface area contributed by atoms with Gasteiger partial charge in [-0.2, -0.15) is 0 Å². The van der Waals surface area contributed by atoms with E-state index in [0.29, 0.717) is 42.1 Å². The van der Waals surface area contributed by atoms with E-state index in [2.05, 4.69) is 22.6 Å². The molecule has 0 aromatic heterocycles. The van der Waals surface area contributed by atoms with E-state index < -0.39 is 15.1 Å². The van der Waals surface area contributed by atoms with Gasteiger partial charge in [-0.15, -0.1) is 0 Å². The summed E-state index contributed by atoms with van der Waals surface area (Å²) in [6, 6.07) is 13.9. The van der Waals surface area contributed by atoms with Gasteiger partial charge >= 0.3 is 0 Å². The number of sulfone groups is 1. The Kier molecular flexibility index (Phi) is 5.86. The van der Waals surface area contributed by atoms with Crippen LogP contribution in [-0.4, -0.2) is 44.7 Å². The maximum absolute atomic E-state index is 12.8. The van der Waals surface area contributed by atoms with Crippen LogP contribution in [-0.2, 0) is 9.84 Å². The minimum absolute atomic E-state index is 0.0381. The molecule has 3 rings (SSSR count). The minimum atomic E-state index is -3.40. The molecule has 1 amide bonds. The van der Waals surface area contributed by atoms with Crippen molar-refractivity contribution in [3.8, 4) is 5.75 Å². The summed E-state index contributed by atoms with van der Waals surface area (Å²) >= 11 is 2.18. The summed E-state index contributed by atoms with van der Waals surface area (Å²) in [6.45, 7) is 0.898. The molecule has 0 spiro atoms. The van der Waals surface area contributed by atoms with E-state index in [0.717, 1.165) is 3.57 Å². The molecule has 2 aromatic rings. The molecule has 0 unspecified atom stereocenters. The Labute approximate surface area is 167 Å². The van der Waals surface area contributed by atoms with Gasteiger partial charge in [0, 0.05) is 22.2 Å². The number of nitrogens with zero attached hydrogens (tertiary/aromatic N) is 1. The third kappa shape index (κ3) is 4.03. The molecule has 1 aliphatic rings. The van der Waals surface area contributed by atoms with E-state index in [1.807, 2.05) is 18.2 Å². The van der Waals surface area contributed by atoms with Gasteiger partial charge in [-0.25, -0.2) is 8.42 Å². The Hall–Kier alpha value is -1.61. The van der Waals surface area contributed by atoms with Crippen molar-refractivity contribution in [3.05, 3.63) is 57.7 Å². The van der Waals surface area contributed by atoms with Crippen LogP contribution in [0.5, 0.6) is 5.75 Å². The van der Waals surface area contributed by atoms with Gasteiger partial charge in [0.15, 0.2) is 9.84 Å². The molecule has 1 heterocycles. The van der Waals surface area contributed by atoms with Crippen LogP contribution in [0, 0.1) is 3.57 Å². The molecular formula is C19H20INO4S. The second kappa shape index (κ2) is 7.96. The van der Waals surface area contributed by atoms with Crippen LogP contribution in [0.15, 0.2) is 53.4 Å². The second-order valence-corrected chi connectivity index (χ2v) is 9.70. The maximum Gasteiger partial charge on any atom is 0.253 e. The van der Waals surface area contributed by atoms with Crippen LogP contribution in [0.4, 0.5) is 0 Å². The number of benzene rings is 2. The first-order valence-electron chi connectivity index (χ1n) is 8.34. The average Bonchev–Trinajstić information content (AvgIpc) is 2.67. The van der Waals surface area contributed by atoms with Crippen LogP contribution in [0.1, 0.15) is 23.2 Å². The largest absolute Gasteiger partial charge is 0.497 e. The molecule has 1 aliphatic heterocycles. The lowest BCUT2D eigenvalue weighted by atomic mass is 10.1. The molecule has 7 heteroatoms. The summed E-state index contributed by atoms with van der Waals surface area (Å²) in [4.78, 5) is 14.7. The van der Waals surface area contributed by atoms with Gasteiger partial charge in [0.25, 0.3) is 5.91 Å². The molecule has 1 fully saturated rings. The molecule has 138 valence electrons. The second-order valence-electron chi connectivity index (χ2n) is 6.22. The van der Waals surface area contributed by atoms with Crippen molar-refractivity contribution in [1.82, 2.24) is 4.90 Å². The van der Waals surface area contributed by atoms with E-state index >= 15 is 0 Å². The fourth-order valence-electron chi connectivity index (χ4n) is 3.13. The predicted molar refractivity (Wildman–Crippen MR) is 108 cm³/mol. The fraction of sp³-hybridized carbons (Fsp3) is 0.316. The lowest BCUT2D eigenvalue weighted by Crippen LogP contribution is -2.42. The molecule has 2 aromatic carbocycles. The number of piperidine rings is 1. The number of carbonyl (C=O) groups is 1. The first-order valence-corrected chi connectivity index (χ1v) is 11.0. The maximum atomic E-state index is 12.8. The molecule has 0 aliphatic carbocycles. The molecule has 0 bridgehead atoms. The highest BCUT2D eigenvalue weighted by molar-refractivity contribution is 14.1. The number of hydrogen-bond acceptors (Lipinski definition) is 4. The van der Waals surface area contributed by atoms with Crippen LogP contribution >= 0.6 is 22.6 Å². The highest BCUT2D eigenvalue weighted by Crippen LogP contribution is 2.26. The standard InChI is InChI=1S/C19H20INO4S/c1-25-16-5-7-17(8-6-16)26(23,24)18-9-11-21(12-10-18)19(22)14-3-2-4-15(20)13-14/h2-8,13,18H,9-12H2,1H3. The van der Waals surface area contributed by atoms with E-state index in [4.69, 9.17) is 4.74 Å². The van der Waals surface area contributed by atoms with E-state index in [1.165, 1.54) is 0 Å². The van der Waals surface area contributed by atoms with Gasteiger partial charge in [0.05, 0.1) is 17.3 Å². The number of hydrogen-bond donors (Lipinski definition) is 0. The molecule has 5 nitrogen and oxygen atoms in total. The summed E-state index contributed by atoms with van der Waals surface area (Å²) < 4.78 is 31.7. The molecule has 0 saturated carbocycles. The summed E-state index contributed by atoms with van der Waals surface area (Å²) in [5.74, 6) is 0.589. The smallest absolute Gasteiger partial charge is 0.253 e. The topological polar surface area (TPSA) is 63.7 Å². The molecule has 26 heavy (non-hydrogen) atoms. The van der Waals surface area contributed by atoms with Crippen molar-refractivity contribution in [2.75, 3.05) is 20.2 Å². The number of halogens is 1. The SMILES string of the molecule is COc1ccc(S(=O)(=O)C2CCN(C(=O)c3cccc(I)c3)CC2)cc1. The van der Waals surface area contributed by atoms with Gasteiger partial charge < -0.3 is 9.64 Å². The lowest BCUT2D eigenvalue weighted by molar-refractivity contribution is 0.0725. The van der Waals surface area contributed by atoms with Gasteiger partial charge in [-0.05, 0) is 77.9 Å². The number of likely N-dealkylation sites (tertiary alicyclic amines) is 1. The first kappa shape index (κ1) is 19.2. The first-order chi connectivity index (χ1) is 12.4. The number of methoxy groups -OCH3 is 1. The van der Waals surface area contributed by atoms with Gasteiger partial charge in [-0.3, -0.25) is 4.79 Å². The third-order valence-corrected chi connectivity index (χ3v) is 7.58. The van der Waals surface area contributed by atoms with Crippen LogP contribution in [0.3, 0.4) is 0 Å². The Morgan fingerprint density at radius 2 is 1.77 bits per heavy atom. The Balaban J connectivity index is 1.68. The molecule has 0 N–H and O–H groups in total.